The molecular weight excluding hydrogens is 348 g/mol. The van der Waals surface area contributed by atoms with Crippen LogP contribution in [-0.2, 0) is 4.74 Å². The van der Waals surface area contributed by atoms with E-state index in [1.54, 1.807) is 38.1 Å². The number of ether oxygens (including phenoxy) is 1. The van der Waals surface area contributed by atoms with Crippen molar-refractivity contribution in [3.05, 3.63) is 69.3 Å². The van der Waals surface area contributed by atoms with E-state index in [-0.39, 0.29) is 11.5 Å². The van der Waals surface area contributed by atoms with Crippen molar-refractivity contribution in [2.75, 3.05) is 12.4 Å². The number of aromatic nitrogens is 3. The van der Waals surface area contributed by atoms with Gasteiger partial charge in [0.1, 0.15) is 5.69 Å². The molecule has 27 heavy (non-hydrogen) atoms. The molecule has 0 aliphatic carbocycles. The Morgan fingerprint density at radius 3 is 2.59 bits per heavy atom. The Kier molecular flexibility index (Phi) is 4.89. The van der Waals surface area contributed by atoms with E-state index in [2.05, 4.69) is 20.5 Å². The van der Waals surface area contributed by atoms with Crippen LogP contribution in [0.4, 0.5) is 5.69 Å². The van der Waals surface area contributed by atoms with Gasteiger partial charge in [-0.15, -0.1) is 0 Å². The Bertz CT molecular complexity index is 1060. The maximum absolute atomic E-state index is 12.6. The summed E-state index contributed by atoms with van der Waals surface area (Å²) in [4.78, 5) is 38.6. The van der Waals surface area contributed by atoms with Crippen molar-refractivity contribution in [3.8, 4) is 11.3 Å². The van der Waals surface area contributed by atoms with Crippen LogP contribution in [0.3, 0.4) is 0 Å². The summed E-state index contributed by atoms with van der Waals surface area (Å²) in [5.41, 5.74) is 3.31. The molecule has 2 heterocycles. The minimum absolute atomic E-state index is 0.290. The molecule has 8 heteroatoms. The molecule has 0 fully saturated rings. The lowest BCUT2D eigenvalue weighted by molar-refractivity contribution is 0.0599. The Morgan fingerprint density at radius 1 is 1.15 bits per heavy atom. The number of rotatable bonds is 4. The minimum Gasteiger partial charge on any atom is -0.465 e. The number of nitrogens with one attached hydrogen (secondary N) is 3. The highest BCUT2D eigenvalue weighted by atomic mass is 16.5. The number of aromatic amines is 2. The summed E-state index contributed by atoms with van der Waals surface area (Å²) in [6.45, 7) is 3.39. The second kappa shape index (κ2) is 7.28. The first-order chi connectivity index (χ1) is 12.9. The SMILES string of the molecule is COC(=O)c1c(C)[nH]c(C(=O)Nc2cccc(-c3ccc(=O)[nH]n3)c2)c1C. The van der Waals surface area contributed by atoms with Crippen LogP contribution in [0.15, 0.2) is 41.2 Å². The zero-order chi connectivity index (χ0) is 19.6. The smallest absolute Gasteiger partial charge is 0.339 e. The third-order valence-corrected chi connectivity index (χ3v) is 4.15. The molecule has 1 aromatic carbocycles. The maximum atomic E-state index is 12.6. The lowest BCUT2D eigenvalue weighted by Crippen LogP contribution is -2.14. The Hall–Kier alpha value is -3.68. The number of esters is 1. The molecule has 8 nitrogen and oxygen atoms in total. The molecule has 0 aliphatic heterocycles. The topological polar surface area (TPSA) is 117 Å². The molecule has 3 aromatic rings. The molecule has 0 radical (unpaired) electrons. The van der Waals surface area contributed by atoms with Gasteiger partial charge in [-0.3, -0.25) is 9.59 Å². The summed E-state index contributed by atoms with van der Waals surface area (Å²) >= 11 is 0. The van der Waals surface area contributed by atoms with Gasteiger partial charge >= 0.3 is 5.97 Å². The predicted molar refractivity (Wildman–Crippen MR) is 99.9 cm³/mol. The highest BCUT2D eigenvalue weighted by Crippen LogP contribution is 2.22. The summed E-state index contributed by atoms with van der Waals surface area (Å²) in [6, 6.07) is 10.0. The van der Waals surface area contributed by atoms with Crippen LogP contribution in [-0.4, -0.2) is 34.2 Å². The number of nitrogens with zero attached hydrogens (tertiary/aromatic N) is 1. The van der Waals surface area contributed by atoms with Gasteiger partial charge in [-0.1, -0.05) is 12.1 Å². The molecule has 0 spiro atoms. The third kappa shape index (κ3) is 3.64. The number of amides is 1. The van der Waals surface area contributed by atoms with E-state index < -0.39 is 5.97 Å². The Balaban J connectivity index is 1.87. The summed E-state index contributed by atoms with van der Waals surface area (Å²) in [5, 5.41) is 9.15. The van der Waals surface area contributed by atoms with Gasteiger partial charge in [-0.2, -0.15) is 5.10 Å². The molecule has 0 saturated heterocycles. The number of anilines is 1. The zero-order valence-electron chi connectivity index (χ0n) is 15.0. The quantitative estimate of drug-likeness (QED) is 0.613. The van der Waals surface area contributed by atoms with Crippen LogP contribution in [0.5, 0.6) is 0 Å². The van der Waals surface area contributed by atoms with Gasteiger partial charge in [-0.25, -0.2) is 9.89 Å². The molecule has 0 atom stereocenters. The molecule has 138 valence electrons. The molecule has 0 saturated carbocycles. The first-order valence-electron chi connectivity index (χ1n) is 8.15. The predicted octanol–water partition coefficient (Wildman–Crippen LogP) is 2.42. The number of aryl methyl sites for hydroxylation is 1. The second-order valence-electron chi connectivity index (χ2n) is 5.96. The average Bonchev–Trinajstić information content (AvgIpc) is 2.96. The second-order valence-corrected chi connectivity index (χ2v) is 5.96. The Labute approximate surface area is 154 Å². The van der Waals surface area contributed by atoms with E-state index in [1.807, 2.05) is 6.07 Å². The van der Waals surface area contributed by atoms with Gasteiger partial charge in [0.05, 0.1) is 18.4 Å². The first kappa shape index (κ1) is 18.1. The van der Waals surface area contributed by atoms with E-state index in [1.165, 1.54) is 13.2 Å². The van der Waals surface area contributed by atoms with Crippen LogP contribution in [0, 0.1) is 13.8 Å². The number of H-pyrrole nitrogens is 2. The molecule has 3 N–H and O–H groups in total. The molecule has 0 unspecified atom stereocenters. The van der Waals surface area contributed by atoms with Gasteiger partial charge in [0.2, 0.25) is 0 Å². The molecule has 2 aromatic heterocycles. The van der Waals surface area contributed by atoms with E-state index in [0.717, 1.165) is 5.56 Å². The van der Waals surface area contributed by atoms with Gasteiger partial charge in [0.25, 0.3) is 11.5 Å². The molecule has 0 bridgehead atoms. The minimum atomic E-state index is -0.494. The van der Waals surface area contributed by atoms with E-state index in [4.69, 9.17) is 4.74 Å². The van der Waals surface area contributed by atoms with Crippen LogP contribution in [0.25, 0.3) is 11.3 Å². The summed E-state index contributed by atoms with van der Waals surface area (Å²) in [6.07, 6.45) is 0. The van der Waals surface area contributed by atoms with E-state index in [0.29, 0.717) is 33.9 Å². The monoisotopic (exact) mass is 366 g/mol. The largest absolute Gasteiger partial charge is 0.465 e. The highest BCUT2D eigenvalue weighted by Gasteiger charge is 2.22. The third-order valence-electron chi connectivity index (χ3n) is 4.15. The fraction of sp³-hybridized carbons (Fsp3) is 0.158. The number of hydrogen-bond acceptors (Lipinski definition) is 5. The van der Waals surface area contributed by atoms with Crippen molar-refractivity contribution in [1.82, 2.24) is 15.2 Å². The molecule has 3 rings (SSSR count). The van der Waals surface area contributed by atoms with Crippen molar-refractivity contribution >= 4 is 17.6 Å². The summed E-state index contributed by atoms with van der Waals surface area (Å²) in [7, 11) is 1.30. The first-order valence-corrected chi connectivity index (χ1v) is 8.15. The highest BCUT2D eigenvalue weighted by molar-refractivity contribution is 6.07. The van der Waals surface area contributed by atoms with Crippen LogP contribution in [0.1, 0.15) is 32.1 Å². The van der Waals surface area contributed by atoms with Crippen molar-refractivity contribution in [2.45, 2.75) is 13.8 Å². The van der Waals surface area contributed by atoms with Crippen LogP contribution in [0.2, 0.25) is 0 Å². The molecule has 1 amide bonds. The molecule has 0 aliphatic rings. The number of benzene rings is 1. The summed E-state index contributed by atoms with van der Waals surface area (Å²) < 4.78 is 4.76. The number of carbonyl (C=O) groups is 2. The van der Waals surface area contributed by atoms with Crippen molar-refractivity contribution in [2.24, 2.45) is 0 Å². The van der Waals surface area contributed by atoms with E-state index >= 15 is 0 Å². The van der Waals surface area contributed by atoms with Crippen molar-refractivity contribution in [1.29, 1.82) is 0 Å². The van der Waals surface area contributed by atoms with E-state index in [9.17, 15) is 14.4 Å². The van der Waals surface area contributed by atoms with Crippen LogP contribution >= 0.6 is 0 Å². The van der Waals surface area contributed by atoms with Gasteiger partial charge < -0.3 is 15.0 Å². The van der Waals surface area contributed by atoms with Crippen molar-refractivity contribution in [3.63, 3.8) is 0 Å². The lowest BCUT2D eigenvalue weighted by atomic mass is 10.1. The normalized spacial score (nSPS) is 10.5. The Morgan fingerprint density at radius 2 is 1.93 bits per heavy atom. The average molecular weight is 366 g/mol. The number of hydrogen-bond donors (Lipinski definition) is 3. The summed E-state index contributed by atoms with van der Waals surface area (Å²) in [5.74, 6) is -0.872. The lowest BCUT2D eigenvalue weighted by Gasteiger charge is -2.07. The van der Waals surface area contributed by atoms with Crippen LogP contribution < -0.4 is 10.9 Å². The number of methoxy groups -OCH3 is 1. The van der Waals surface area contributed by atoms with Gasteiger partial charge in [0, 0.05) is 23.0 Å². The fourth-order valence-electron chi connectivity index (χ4n) is 2.84. The maximum Gasteiger partial charge on any atom is 0.339 e. The molecular formula is C19H18N4O4. The zero-order valence-corrected chi connectivity index (χ0v) is 15.0. The van der Waals surface area contributed by atoms with Gasteiger partial charge in [0.15, 0.2) is 0 Å². The fourth-order valence-corrected chi connectivity index (χ4v) is 2.84. The van der Waals surface area contributed by atoms with Gasteiger partial charge in [-0.05, 0) is 37.6 Å². The standard InChI is InChI=1S/C19H18N4O4/c1-10-16(19(26)27-3)11(2)20-17(10)18(25)21-13-6-4-5-12(9-13)14-7-8-15(24)23-22-14/h4-9,20H,1-3H3,(H,21,25)(H,23,24). The van der Waals surface area contributed by atoms with Crippen molar-refractivity contribution < 1.29 is 14.3 Å². The number of carbonyl (C=O) groups excluding carboxylic acids is 2.